The lowest BCUT2D eigenvalue weighted by Crippen LogP contribution is -2.41. The van der Waals surface area contributed by atoms with Crippen molar-refractivity contribution < 1.29 is 19.1 Å². The largest absolute Gasteiger partial charge is 0.484 e. The van der Waals surface area contributed by atoms with Crippen molar-refractivity contribution in [2.75, 3.05) is 46.4 Å². The van der Waals surface area contributed by atoms with Gasteiger partial charge in [0, 0.05) is 13.1 Å². The maximum absolute atomic E-state index is 12.7. The van der Waals surface area contributed by atoms with Crippen molar-refractivity contribution in [1.29, 1.82) is 0 Å². The number of aryl methyl sites for hydroxylation is 1. The van der Waals surface area contributed by atoms with E-state index in [1.54, 1.807) is 11.8 Å². The van der Waals surface area contributed by atoms with Crippen LogP contribution in [0.1, 0.15) is 32.8 Å². The van der Waals surface area contributed by atoms with Crippen LogP contribution in [-0.2, 0) is 14.3 Å². The van der Waals surface area contributed by atoms with Crippen molar-refractivity contribution in [2.45, 2.75) is 34.1 Å². The van der Waals surface area contributed by atoms with Crippen molar-refractivity contribution in [3.05, 3.63) is 29.8 Å². The summed E-state index contributed by atoms with van der Waals surface area (Å²) in [5, 5.41) is 0. The highest BCUT2D eigenvalue weighted by Gasteiger charge is 2.22. The van der Waals surface area contributed by atoms with Gasteiger partial charge in [0.05, 0.1) is 13.0 Å². The molecular weight excluding hydrogens is 344 g/mol. The van der Waals surface area contributed by atoms with Crippen LogP contribution in [-0.4, -0.2) is 68.1 Å². The van der Waals surface area contributed by atoms with Crippen LogP contribution in [0.5, 0.6) is 5.75 Å². The molecule has 0 aliphatic rings. The Morgan fingerprint density at radius 3 is 2.26 bits per heavy atom. The highest BCUT2D eigenvalue weighted by atomic mass is 16.5. The summed E-state index contributed by atoms with van der Waals surface area (Å²) in [6.45, 7) is 11.8. The molecule has 0 saturated carbocycles. The first-order valence-electron chi connectivity index (χ1n) is 9.68. The highest BCUT2D eigenvalue weighted by Crippen LogP contribution is 2.12. The van der Waals surface area contributed by atoms with Crippen molar-refractivity contribution in [2.24, 2.45) is 5.92 Å². The molecule has 0 N–H and O–H groups in total. The molecule has 0 aliphatic carbocycles. The number of esters is 1. The van der Waals surface area contributed by atoms with Crippen molar-refractivity contribution in [1.82, 2.24) is 9.80 Å². The molecule has 1 unspecified atom stereocenters. The molecule has 0 radical (unpaired) electrons. The molecule has 0 bridgehead atoms. The van der Waals surface area contributed by atoms with Gasteiger partial charge in [0.15, 0.2) is 6.61 Å². The number of nitrogens with zero attached hydrogens (tertiary/aromatic N) is 2. The second kappa shape index (κ2) is 12.3. The molecule has 0 spiro atoms. The van der Waals surface area contributed by atoms with Crippen LogP contribution in [0.2, 0.25) is 0 Å². The van der Waals surface area contributed by atoms with E-state index >= 15 is 0 Å². The number of hydrogen-bond donors (Lipinski definition) is 0. The molecule has 6 heteroatoms. The predicted molar refractivity (Wildman–Crippen MR) is 107 cm³/mol. The third-order valence-corrected chi connectivity index (χ3v) is 4.63. The van der Waals surface area contributed by atoms with Gasteiger partial charge in [-0.05, 0) is 45.1 Å². The first-order valence-corrected chi connectivity index (χ1v) is 9.68. The van der Waals surface area contributed by atoms with E-state index in [0.717, 1.165) is 31.6 Å². The fourth-order valence-corrected chi connectivity index (χ4v) is 2.82. The molecule has 6 nitrogen and oxygen atoms in total. The summed E-state index contributed by atoms with van der Waals surface area (Å²) < 4.78 is 10.4. The highest BCUT2D eigenvalue weighted by molar-refractivity contribution is 5.79. The third-order valence-electron chi connectivity index (χ3n) is 4.63. The summed E-state index contributed by atoms with van der Waals surface area (Å²) >= 11 is 0. The van der Waals surface area contributed by atoms with Crippen LogP contribution in [0.15, 0.2) is 24.3 Å². The van der Waals surface area contributed by atoms with Gasteiger partial charge in [0.25, 0.3) is 5.91 Å². The molecule has 0 fully saturated rings. The molecule has 1 atom stereocenters. The van der Waals surface area contributed by atoms with Crippen LogP contribution in [0.4, 0.5) is 0 Å². The van der Waals surface area contributed by atoms with Crippen molar-refractivity contribution in [3.63, 3.8) is 0 Å². The number of carbonyl (C=O) groups excluding carboxylic acids is 2. The molecule has 0 heterocycles. The molecule has 1 amide bonds. The Morgan fingerprint density at radius 2 is 1.70 bits per heavy atom. The average Bonchev–Trinajstić information content (AvgIpc) is 2.68. The van der Waals surface area contributed by atoms with Gasteiger partial charge in [-0.15, -0.1) is 0 Å². The Bertz CT molecular complexity index is 570. The summed E-state index contributed by atoms with van der Waals surface area (Å²) in [4.78, 5) is 28.5. The molecule has 1 aromatic carbocycles. The Morgan fingerprint density at radius 1 is 1.07 bits per heavy atom. The van der Waals surface area contributed by atoms with Gasteiger partial charge in [0.1, 0.15) is 5.75 Å². The lowest BCUT2D eigenvalue weighted by molar-refractivity contribution is -0.146. The maximum Gasteiger partial charge on any atom is 0.310 e. The van der Waals surface area contributed by atoms with Crippen LogP contribution >= 0.6 is 0 Å². The van der Waals surface area contributed by atoms with E-state index in [1.807, 2.05) is 31.2 Å². The standard InChI is InChI=1S/C21H34N2O4/c1-6-22(7-2)13-8-14-23(15-18(4)21(25)26-5)20(24)16-27-19-11-9-17(3)10-12-19/h9-12,18H,6-8,13-16H2,1-5H3. The molecule has 1 aromatic rings. The normalized spacial score (nSPS) is 11.9. The summed E-state index contributed by atoms with van der Waals surface area (Å²) in [6.07, 6.45) is 0.853. The van der Waals surface area contributed by atoms with E-state index in [2.05, 4.69) is 18.7 Å². The first-order chi connectivity index (χ1) is 12.9. The van der Waals surface area contributed by atoms with Gasteiger partial charge in [-0.3, -0.25) is 9.59 Å². The lowest BCUT2D eigenvalue weighted by atomic mass is 10.1. The molecule has 1 rings (SSSR count). The second-order valence-electron chi connectivity index (χ2n) is 6.75. The first kappa shape index (κ1) is 23.0. The second-order valence-corrected chi connectivity index (χ2v) is 6.75. The predicted octanol–water partition coefficient (Wildman–Crippen LogP) is 2.74. The lowest BCUT2D eigenvalue weighted by Gasteiger charge is -2.26. The Hall–Kier alpha value is -2.08. The van der Waals surface area contributed by atoms with E-state index in [0.29, 0.717) is 18.8 Å². The van der Waals surface area contributed by atoms with Gasteiger partial charge >= 0.3 is 5.97 Å². The van der Waals surface area contributed by atoms with Crippen LogP contribution in [0, 0.1) is 12.8 Å². The number of rotatable bonds is 12. The number of amides is 1. The topological polar surface area (TPSA) is 59.1 Å². The van der Waals surface area contributed by atoms with Crippen LogP contribution < -0.4 is 4.74 Å². The van der Waals surface area contributed by atoms with E-state index in [1.165, 1.54) is 7.11 Å². The van der Waals surface area contributed by atoms with E-state index in [4.69, 9.17) is 9.47 Å². The van der Waals surface area contributed by atoms with Crippen molar-refractivity contribution in [3.8, 4) is 5.75 Å². The molecular formula is C21H34N2O4. The number of benzene rings is 1. The summed E-state index contributed by atoms with van der Waals surface area (Å²) in [7, 11) is 1.37. The zero-order valence-corrected chi connectivity index (χ0v) is 17.4. The summed E-state index contributed by atoms with van der Waals surface area (Å²) in [6, 6.07) is 7.59. The molecule has 0 aliphatic heterocycles. The SMILES string of the molecule is CCN(CC)CCCN(CC(C)C(=O)OC)C(=O)COc1ccc(C)cc1. The summed E-state index contributed by atoms with van der Waals surface area (Å²) in [5.74, 6) is -0.133. The molecule has 152 valence electrons. The maximum atomic E-state index is 12.7. The zero-order valence-electron chi connectivity index (χ0n) is 17.4. The smallest absolute Gasteiger partial charge is 0.310 e. The van der Waals surface area contributed by atoms with Gasteiger partial charge < -0.3 is 19.3 Å². The Labute approximate surface area is 163 Å². The molecule has 0 saturated heterocycles. The third kappa shape index (κ3) is 8.43. The number of methoxy groups -OCH3 is 1. The van der Waals surface area contributed by atoms with Gasteiger partial charge in [-0.1, -0.05) is 38.5 Å². The van der Waals surface area contributed by atoms with Gasteiger partial charge in [-0.25, -0.2) is 0 Å². The fraction of sp³-hybridized carbons (Fsp3) is 0.619. The minimum atomic E-state index is -0.369. The summed E-state index contributed by atoms with van der Waals surface area (Å²) in [5.41, 5.74) is 1.14. The number of carbonyl (C=O) groups is 2. The Balaban J connectivity index is 2.64. The van der Waals surface area contributed by atoms with Crippen LogP contribution in [0.3, 0.4) is 0 Å². The number of hydrogen-bond acceptors (Lipinski definition) is 5. The monoisotopic (exact) mass is 378 g/mol. The minimum absolute atomic E-state index is 0.0395. The molecule has 27 heavy (non-hydrogen) atoms. The van der Waals surface area contributed by atoms with E-state index in [-0.39, 0.29) is 24.4 Å². The van der Waals surface area contributed by atoms with Gasteiger partial charge in [-0.2, -0.15) is 0 Å². The fourth-order valence-electron chi connectivity index (χ4n) is 2.82. The van der Waals surface area contributed by atoms with Crippen molar-refractivity contribution >= 4 is 11.9 Å². The van der Waals surface area contributed by atoms with Crippen LogP contribution in [0.25, 0.3) is 0 Å². The average molecular weight is 379 g/mol. The van der Waals surface area contributed by atoms with E-state index < -0.39 is 0 Å². The van der Waals surface area contributed by atoms with E-state index in [9.17, 15) is 9.59 Å². The quantitative estimate of drug-likeness (QED) is 0.524. The number of ether oxygens (including phenoxy) is 2. The van der Waals surface area contributed by atoms with Gasteiger partial charge in [0.2, 0.25) is 0 Å². The zero-order chi connectivity index (χ0) is 20.2. The Kier molecular flexibility index (Phi) is 10.5. The molecule has 0 aromatic heterocycles. The minimum Gasteiger partial charge on any atom is -0.484 e.